The van der Waals surface area contributed by atoms with Crippen LogP contribution >= 0.6 is 0 Å². The maximum atomic E-state index is 11.7. The second-order valence-electron chi connectivity index (χ2n) is 8.45. The Hall–Kier alpha value is -1.11. The number of rotatable bonds is 0. The van der Waals surface area contributed by atoms with Crippen molar-refractivity contribution in [1.82, 2.24) is 0 Å². The van der Waals surface area contributed by atoms with Crippen molar-refractivity contribution in [2.45, 2.75) is 63.6 Å². The minimum atomic E-state index is -1.08. The molecule has 0 spiro atoms. The van der Waals surface area contributed by atoms with Crippen LogP contribution < -0.4 is 0 Å². The number of hydrogen-bond donors (Lipinski definition) is 2. The van der Waals surface area contributed by atoms with Gasteiger partial charge in [-0.05, 0) is 68.3 Å². The first-order valence-corrected chi connectivity index (χ1v) is 9.01. The predicted molar refractivity (Wildman–Crippen MR) is 87.3 cm³/mol. The summed E-state index contributed by atoms with van der Waals surface area (Å²) in [6.07, 6.45) is 12.7. The molecule has 23 heavy (non-hydrogen) atoms. The van der Waals surface area contributed by atoms with Crippen LogP contribution in [0.2, 0.25) is 0 Å². The molecular formula is C20H26O3. The molecule has 0 saturated heterocycles. The van der Waals surface area contributed by atoms with Crippen molar-refractivity contribution in [3.63, 3.8) is 0 Å². The Morgan fingerprint density at radius 1 is 1.30 bits per heavy atom. The molecule has 4 aliphatic carbocycles. The summed E-state index contributed by atoms with van der Waals surface area (Å²) in [5.74, 6) is 4.28. The Morgan fingerprint density at radius 2 is 2.09 bits per heavy atom. The van der Waals surface area contributed by atoms with Gasteiger partial charge in [0.2, 0.25) is 0 Å². The number of aliphatic hydroxyl groups is 2. The van der Waals surface area contributed by atoms with Gasteiger partial charge < -0.3 is 10.2 Å². The van der Waals surface area contributed by atoms with E-state index < -0.39 is 11.7 Å². The quantitative estimate of drug-likeness (QED) is 0.675. The van der Waals surface area contributed by atoms with Gasteiger partial charge in [0.15, 0.2) is 5.78 Å². The molecule has 7 atom stereocenters. The van der Waals surface area contributed by atoms with E-state index in [0.29, 0.717) is 37.0 Å². The maximum absolute atomic E-state index is 11.7. The highest BCUT2D eigenvalue weighted by molar-refractivity contribution is 5.91. The lowest BCUT2D eigenvalue weighted by Gasteiger charge is -2.56. The van der Waals surface area contributed by atoms with Crippen LogP contribution in [0.25, 0.3) is 0 Å². The summed E-state index contributed by atoms with van der Waals surface area (Å²) < 4.78 is 0. The van der Waals surface area contributed by atoms with E-state index in [1.807, 2.05) is 6.08 Å². The highest BCUT2D eigenvalue weighted by atomic mass is 16.3. The average Bonchev–Trinajstić information content (AvgIpc) is 2.78. The molecule has 0 bridgehead atoms. The van der Waals surface area contributed by atoms with Crippen LogP contribution in [-0.2, 0) is 4.79 Å². The van der Waals surface area contributed by atoms with Crippen LogP contribution in [0.15, 0.2) is 11.6 Å². The van der Waals surface area contributed by atoms with Gasteiger partial charge in [-0.3, -0.25) is 4.79 Å². The molecule has 124 valence electrons. The summed E-state index contributed by atoms with van der Waals surface area (Å²) in [4.78, 5) is 11.7. The van der Waals surface area contributed by atoms with Gasteiger partial charge in [-0.2, -0.15) is 0 Å². The minimum absolute atomic E-state index is 0.237. The number of allylic oxidation sites excluding steroid dienone is 1. The third-order valence-electron chi connectivity index (χ3n) is 7.66. The number of carbonyl (C=O) groups excluding carboxylic acids is 1. The Bertz CT molecular complexity index is 615. The van der Waals surface area contributed by atoms with Crippen molar-refractivity contribution >= 4 is 5.78 Å². The molecule has 0 aromatic rings. The van der Waals surface area contributed by atoms with Crippen LogP contribution in [0.1, 0.15) is 51.9 Å². The molecule has 4 rings (SSSR count). The van der Waals surface area contributed by atoms with Crippen molar-refractivity contribution in [2.24, 2.45) is 29.1 Å². The van der Waals surface area contributed by atoms with Gasteiger partial charge in [0, 0.05) is 11.8 Å². The molecule has 0 aromatic heterocycles. The molecular weight excluding hydrogens is 288 g/mol. The Balaban J connectivity index is 1.70. The van der Waals surface area contributed by atoms with Crippen molar-refractivity contribution in [3.8, 4) is 12.3 Å². The van der Waals surface area contributed by atoms with Gasteiger partial charge in [0.25, 0.3) is 0 Å². The number of carbonyl (C=O) groups is 1. The molecule has 0 heterocycles. The van der Waals surface area contributed by atoms with Crippen molar-refractivity contribution < 1.29 is 15.0 Å². The fraction of sp³-hybridized carbons (Fsp3) is 0.750. The molecule has 0 radical (unpaired) electrons. The van der Waals surface area contributed by atoms with Crippen molar-refractivity contribution in [2.75, 3.05) is 0 Å². The zero-order chi connectivity index (χ0) is 16.4. The molecule has 3 nitrogen and oxygen atoms in total. The van der Waals surface area contributed by atoms with Gasteiger partial charge >= 0.3 is 0 Å². The summed E-state index contributed by atoms with van der Waals surface area (Å²) >= 11 is 0. The molecule has 0 aliphatic heterocycles. The van der Waals surface area contributed by atoms with Crippen LogP contribution in [-0.4, -0.2) is 27.7 Å². The SMILES string of the molecule is C#CC1(O)CCC2C3CCC4=CC(=O)CCC4C3C(O)CC21C. The van der Waals surface area contributed by atoms with E-state index in [4.69, 9.17) is 6.42 Å². The van der Waals surface area contributed by atoms with Gasteiger partial charge in [0.1, 0.15) is 5.60 Å². The zero-order valence-electron chi connectivity index (χ0n) is 13.8. The van der Waals surface area contributed by atoms with E-state index in [1.54, 1.807) is 0 Å². The molecule has 0 amide bonds. The number of ketones is 1. The van der Waals surface area contributed by atoms with E-state index >= 15 is 0 Å². The molecule has 2 N–H and O–H groups in total. The fourth-order valence-corrected chi connectivity index (χ4v) is 6.50. The number of hydrogen-bond acceptors (Lipinski definition) is 3. The number of fused-ring (bicyclic) bond motifs is 5. The lowest BCUT2D eigenvalue weighted by atomic mass is 9.49. The molecule has 3 fully saturated rings. The maximum Gasteiger partial charge on any atom is 0.155 e. The highest BCUT2D eigenvalue weighted by Crippen LogP contribution is 2.64. The van der Waals surface area contributed by atoms with Crippen molar-refractivity contribution in [3.05, 3.63) is 11.6 Å². The largest absolute Gasteiger partial charge is 0.393 e. The van der Waals surface area contributed by atoms with E-state index in [9.17, 15) is 15.0 Å². The van der Waals surface area contributed by atoms with E-state index in [-0.39, 0.29) is 17.1 Å². The van der Waals surface area contributed by atoms with Crippen LogP contribution in [0.5, 0.6) is 0 Å². The van der Waals surface area contributed by atoms with Crippen molar-refractivity contribution in [1.29, 1.82) is 0 Å². The lowest BCUT2D eigenvalue weighted by Crippen LogP contribution is -2.57. The number of terminal acetylenes is 1. The number of aliphatic hydroxyl groups excluding tert-OH is 1. The summed E-state index contributed by atoms with van der Waals surface area (Å²) in [5.41, 5.74) is -0.202. The average molecular weight is 314 g/mol. The Morgan fingerprint density at radius 3 is 2.83 bits per heavy atom. The van der Waals surface area contributed by atoms with E-state index in [1.165, 1.54) is 5.57 Å². The second kappa shape index (κ2) is 4.94. The van der Waals surface area contributed by atoms with Gasteiger partial charge in [-0.15, -0.1) is 6.42 Å². The van der Waals surface area contributed by atoms with Crippen LogP contribution in [0.4, 0.5) is 0 Å². The molecule has 4 aliphatic rings. The third-order valence-corrected chi connectivity index (χ3v) is 7.66. The van der Waals surface area contributed by atoms with Gasteiger partial charge in [0.05, 0.1) is 6.10 Å². The molecule has 3 saturated carbocycles. The summed E-state index contributed by atoms with van der Waals surface area (Å²) in [6.45, 7) is 2.08. The predicted octanol–water partition coefficient (Wildman–Crippen LogP) is 2.46. The fourth-order valence-electron chi connectivity index (χ4n) is 6.50. The van der Waals surface area contributed by atoms with Crippen LogP contribution in [0, 0.1) is 41.4 Å². The normalized spacial score (nSPS) is 52.0. The topological polar surface area (TPSA) is 57.5 Å². The monoisotopic (exact) mass is 314 g/mol. The summed E-state index contributed by atoms with van der Waals surface area (Å²) in [5, 5.41) is 21.9. The molecule has 3 heteroatoms. The molecule has 7 unspecified atom stereocenters. The summed E-state index contributed by atoms with van der Waals surface area (Å²) in [7, 11) is 0. The first-order valence-electron chi connectivity index (χ1n) is 9.01. The van der Waals surface area contributed by atoms with Gasteiger partial charge in [-0.1, -0.05) is 18.4 Å². The first kappa shape index (κ1) is 15.4. The third kappa shape index (κ3) is 1.95. The second-order valence-corrected chi connectivity index (χ2v) is 8.45. The van der Waals surface area contributed by atoms with Gasteiger partial charge in [-0.25, -0.2) is 0 Å². The molecule has 0 aromatic carbocycles. The summed E-state index contributed by atoms with van der Waals surface area (Å²) in [6, 6.07) is 0. The first-order chi connectivity index (χ1) is 10.9. The standard InChI is InChI=1S/C20H26O3/c1-3-20(23)9-8-16-15-6-4-12-10-13(21)5-7-14(12)18(15)17(22)11-19(16,20)2/h1,10,14-18,22-23H,4-9,11H2,2H3. The minimum Gasteiger partial charge on any atom is -0.393 e. The Kier molecular flexibility index (Phi) is 3.31. The van der Waals surface area contributed by atoms with E-state index in [2.05, 4.69) is 12.8 Å². The smallest absolute Gasteiger partial charge is 0.155 e. The zero-order valence-corrected chi connectivity index (χ0v) is 13.8. The Labute approximate surface area is 138 Å². The highest BCUT2D eigenvalue weighted by Gasteiger charge is 2.64. The van der Waals surface area contributed by atoms with E-state index in [0.717, 1.165) is 25.7 Å². The van der Waals surface area contributed by atoms with Crippen LogP contribution in [0.3, 0.4) is 0 Å². The lowest BCUT2D eigenvalue weighted by molar-refractivity contribution is -0.139.